The summed E-state index contributed by atoms with van der Waals surface area (Å²) in [4.78, 5) is 9.44. The standard InChI is InChI=1S/C26H22FN3O/c1-16(18-7-5-4-6-8-18)30-17(2)29-24-15-28-23-13-21(19-9-11-20(27)12-10-19)25(31-3)14-22(23)26(24)30/h4-16H,1-3H3/t16-/m0/s1. The Balaban J connectivity index is 1.77. The highest BCUT2D eigenvalue weighted by molar-refractivity contribution is 6.05. The Labute approximate surface area is 180 Å². The molecule has 0 unspecified atom stereocenters. The lowest BCUT2D eigenvalue weighted by Gasteiger charge is -2.18. The zero-order valence-corrected chi connectivity index (χ0v) is 17.6. The summed E-state index contributed by atoms with van der Waals surface area (Å²) in [6.45, 7) is 4.20. The maximum atomic E-state index is 13.4. The van der Waals surface area contributed by atoms with Gasteiger partial charge in [0.1, 0.15) is 22.9 Å². The molecule has 5 rings (SSSR count). The Morgan fingerprint density at radius 2 is 1.71 bits per heavy atom. The van der Waals surface area contributed by atoms with E-state index in [0.717, 1.165) is 38.9 Å². The van der Waals surface area contributed by atoms with Gasteiger partial charge in [0.2, 0.25) is 0 Å². The average molecular weight is 411 g/mol. The number of aromatic nitrogens is 3. The van der Waals surface area contributed by atoms with Gasteiger partial charge in [-0.15, -0.1) is 0 Å². The van der Waals surface area contributed by atoms with Gasteiger partial charge in [0, 0.05) is 10.9 Å². The van der Waals surface area contributed by atoms with Crippen LogP contribution >= 0.6 is 0 Å². The Hall–Kier alpha value is -3.73. The first-order valence-electron chi connectivity index (χ1n) is 10.2. The van der Waals surface area contributed by atoms with Crippen molar-refractivity contribution in [2.45, 2.75) is 19.9 Å². The Morgan fingerprint density at radius 1 is 0.968 bits per heavy atom. The van der Waals surface area contributed by atoms with Crippen molar-refractivity contribution in [2.75, 3.05) is 7.11 Å². The van der Waals surface area contributed by atoms with E-state index in [0.29, 0.717) is 5.75 Å². The largest absolute Gasteiger partial charge is 0.496 e. The van der Waals surface area contributed by atoms with Crippen LogP contribution in [0.2, 0.25) is 0 Å². The van der Waals surface area contributed by atoms with Gasteiger partial charge in [-0.25, -0.2) is 9.37 Å². The minimum atomic E-state index is -0.266. The number of pyridine rings is 1. The van der Waals surface area contributed by atoms with Crippen molar-refractivity contribution < 1.29 is 9.13 Å². The third kappa shape index (κ3) is 3.22. The molecule has 0 aliphatic carbocycles. The highest BCUT2D eigenvalue weighted by Gasteiger charge is 2.19. The second-order valence-electron chi connectivity index (χ2n) is 7.68. The molecule has 0 N–H and O–H groups in total. The Kier molecular flexibility index (Phi) is 4.66. The predicted molar refractivity (Wildman–Crippen MR) is 122 cm³/mol. The third-order valence-electron chi connectivity index (χ3n) is 5.84. The number of aryl methyl sites for hydroxylation is 1. The van der Waals surface area contributed by atoms with E-state index in [4.69, 9.17) is 9.72 Å². The summed E-state index contributed by atoms with van der Waals surface area (Å²) in [6, 6.07) is 20.9. The zero-order chi connectivity index (χ0) is 21.5. The molecule has 0 bridgehead atoms. The highest BCUT2D eigenvalue weighted by Crippen LogP contribution is 2.37. The second kappa shape index (κ2) is 7.51. The van der Waals surface area contributed by atoms with E-state index < -0.39 is 0 Å². The molecule has 0 saturated heterocycles. The maximum absolute atomic E-state index is 13.4. The molecule has 154 valence electrons. The van der Waals surface area contributed by atoms with E-state index in [-0.39, 0.29) is 11.9 Å². The number of halogens is 1. The average Bonchev–Trinajstić information content (AvgIpc) is 3.15. The Bertz CT molecular complexity index is 1390. The van der Waals surface area contributed by atoms with Crippen molar-refractivity contribution in [3.63, 3.8) is 0 Å². The first-order chi connectivity index (χ1) is 15.1. The highest BCUT2D eigenvalue weighted by atomic mass is 19.1. The van der Waals surface area contributed by atoms with Crippen LogP contribution in [-0.2, 0) is 0 Å². The fourth-order valence-electron chi connectivity index (χ4n) is 4.30. The molecule has 5 heteroatoms. The van der Waals surface area contributed by atoms with Crippen LogP contribution in [-0.4, -0.2) is 21.6 Å². The predicted octanol–water partition coefficient (Wildman–Crippen LogP) is 6.32. The topological polar surface area (TPSA) is 39.9 Å². The molecule has 0 radical (unpaired) electrons. The van der Waals surface area contributed by atoms with Crippen LogP contribution in [0.4, 0.5) is 4.39 Å². The number of nitrogens with zero attached hydrogens (tertiary/aromatic N) is 3. The number of rotatable bonds is 4. The SMILES string of the molecule is COc1cc2c(cc1-c1ccc(F)cc1)ncc1nc(C)n([C@@H](C)c3ccccc3)c12. The number of imidazole rings is 1. The van der Waals surface area contributed by atoms with E-state index in [1.165, 1.54) is 17.7 Å². The van der Waals surface area contributed by atoms with Gasteiger partial charge in [0.15, 0.2) is 0 Å². The van der Waals surface area contributed by atoms with Crippen molar-refractivity contribution in [3.8, 4) is 16.9 Å². The molecule has 2 aromatic heterocycles. The van der Waals surface area contributed by atoms with Crippen LogP contribution in [0.15, 0.2) is 72.9 Å². The molecule has 4 nitrogen and oxygen atoms in total. The fraction of sp³-hybridized carbons (Fsp3) is 0.154. The summed E-state index contributed by atoms with van der Waals surface area (Å²) >= 11 is 0. The van der Waals surface area contributed by atoms with Gasteiger partial charge >= 0.3 is 0 Å². The molecule has 1 atom stereocenters. The first kappa shape index (κ1) is 19.2. The third-order valence-corrected chi connectivity index (χ3v) is 5.84. The normalized spacial score (nSPS) is 12.4. The molecule has 0 aliphatic rings. The van der Waals surface area contributed by atoms with Gasteiger partial charge in [-0.2, -0.15) is 0 Å². The van der Waals surface area contributed by atoms with Crippen LogP contribution in [0.3, 0.4) is 0 Å². The molecular formula is C26H22FN3O. The summed E-state index contributed by atoms with van der Waals surface area (Å²) in [5, 5.41) is 0.976. The molecule has 0 saturated carbocycles. The van der Waals surface area contributed by atoms with Gasteiger partial charge in [0.25, 0.3) is 0 Å². The quantitative estimate of drug-likeness (QED) is 0.348. The van der Waals surface area contributed by atoms with E-state index in [9.17, 15) is 4.39 Å². The number of methoxy groups -OCH3 is 1. The van der Waals surface area contributed by atoms with Crippen LogP contribution < -0.4 is 4.74 Å². The maximum Gasteiger partial charge on any atom is 0.127 e. The van der Waals surface area contributed by atoms with Crippen molar-refractivity contribution in [3.05, 3.63) is 90.1 Å². The number of hydrogen-bond donors (Lipinski definition) is 0. The van der Waals surface area contributed by atoms with E-state index in [1.54, 1.807) is 19.2 Å². The van der Waals surface area contributed by atoms with Crippen LogP contribution in [0.25, 0.3) is 33.1 Å². The van der Waals surface area contributed by atoms with Gasteiger partial charge in [0.05, 0.1) is 30.4 Å². The summed E-state index contributed by atoms with van der Waals surface area (Å²) in [6.07, 6.45) is 1.82. The van der Waals surface area contributed by atoms with E-state index >= 15 is 0 Å². The first-order valence-corrected chi connectivity index (χ1v) is 10.2. The molecule has 5 aromatic rings. The summed E-state index contributed by atoms with van der Waals surface area (Å²) in [5.74, 6) is 1.38. The minimum absolute atomic E-state index is 0.111. The van der Waals surface area contributed by atoms with Crippen molar-refractivity contribution in [1.29, 1.82) is 0 Å². The minimum Gasteiger partial charge on any atom is -0.496 e. The molecule has 0 spiro atoms. The molecule has 31 heavy (non-hydrogen) atoms. The summed E-state index contributed by atoms with van der Waals surface area (Å²) in [5.41, 5.74) is 5.69. The molecule has 0 amide bonds. The van der Waals surface area contributed by atoms with Crippen LogP contribution in [0, 0.1) is 12.7 Å². The Morgan fingerprint density at radius 3 is 2.42 bits per heavy atom. The van der Waals surface area contributed by atoms with Gasteiger partial charge in [-0.05, 0) is 49.2 Å². The lowest BCUT2D eigenvalue weighted by Crippen LogP contribution is -2.08. The summed E-state index contributed by atoms with van der Waals surface area (Å²) < 4.78 is 21.4. The monoisotopic (exact) mass is 411 g/mol. The molecule has 0 fully saturated rings. The zero-order valence-electron chi connectivity index (χ0n) is 17.6. The smallest absolute Gasteiger partial charge is 0.127 e. The lowest BCUT2D eigenvalue weighted by atomic mass is 10.0. The molecule has 0 aliphatic heterocycles. The van der Waals surface area contributed by atoms with Crippen molar-refractivity contribution in [2.24, 2.45) is 0 Å². The van der Waals surface area contributed by atoms with Crippen molar-refractivity contribution in [1.82, 2.24) is 14.5 Å². The van der Waals surface area contributed by atoms with Gasteiger partial charge in [-0.3, -0.25) is 4.98 Å². The summed E-state index contributed by atoms with van der Waals surface area (Å²) in [7, 11) is 1.65. The van der Waals surface area contributed by atoms with Crippen LogP contribution in [0.1, 0.15) is 24.4 Å². The molecule has 3 aromatic carbocycles. The van der Waals surface area contributed by atoms with Crippen molar-refractivity contribution >= 4 is 21.9 Å². The molecular weight excluding hydrogens is 389 g/mol. The van der Waals surface area contributed by atoms with Gasteiger partial charge < -0.3 is 9.30 Å². The second-order valence-corrected chi connectivity index (χ2v) is 7.68. The molecule has 2 heterocycles. The fourth-order valence-corrected chi connectivity index (χ4v) is 4.30. The number of fused-ring (bicyclic) bond motifs is 3. The van der Waals surface area contributed by atoms with E-state index in [2.05, 4.69) is 40.7 Å². The lowest BCUT2D eigenvalue weighted by molar-refractivity contribution is 0.417. The van der Waals surface area contributed by atoms with Crippen LogP contribution in [0.5, 0.6) is 5.75 Å². The number of hydrogen-bond acceptors (Lipinski definition) is 3. The number of ether oxygens (including phenoxy) is 1. The van der Waals surface area contributed by atoms with E-state index in [1.807, 2.05) is 31.3 Å². The number of benzene rings is 3. The van der Waals surface area contributed by atoms with Gasteiger partial charge in [-0.1, -0.05) is 42.5 Å².